The maximum atomic E-state index is 4.42. The SMILES string of the molecule is CNc1nc(Sc2nnc(C)s2)c2cn[nH]c2n1. The highest BCUT2D eigenvalue weighted by Crippen LogP contribution is 2.33. The molecule has 0 unspecified atom stereocenters. The van der Waals surface area contributed by atoms with Crippen LogP contribution in [0.4, 0.5) is 5.95 Å². The van der Waals surface area contributed by atoms with Crippen molar-refractivity contribution in [2.45, 2.75) is 16.3 Å². The number of fused-ring (bicyclic) bond motifs is 1. The normalized spacial score (nSPS) is 11.0. The smallest absolute Gasteiger partial charge is 0.225 e. The third-order valence-corrected chi connectivity index (χ3v) is 4.08. The lowest BCUT2D eigenvalue weighted by molar-refractivity contribution is 0.980. The molecule has 92 valence electrons. The molecule has 0 aliphatic rings. The molecule has 0 saturated heterocycles. The van der Waals surface area contributed by atoms with Crippen molar-refractivity contribution in [1.29, 1.82) is 0 Å². The molecule has 3 heterocycles. The largest absolute Gasteiger partial charge is 0.357 e. The summed E-state index contributed by atoms with van der Waals surface area (Å²) in [6, 6.07) is 0. The van der Waals surface area contributed by atoms with Gasteiger partial charge in [-0.25, -0.2) is 4.98 Å². The van der Waals surface area contributed by atoms with Gasteiger partial charge < -0.3 is 5.32 Å². The van der Waals surface area contributed by atoms with Crippen LogP contribution in [-0.4, -0.2) is 37.4 Å². The second kappa shape index (κ2) is 4.50. The molecule has 0 spiro atoms. The quantitative estimate of drug-likeness (QED) is 0.705. The van der Waals surface area contributed by atoms with E-state index in [0.29, 0.717) is 11.6 Å². The lowest BCUT2D eigenvalue weighted by atomic mass is 10.4. The molecule has 0 bridgehead atoms. The topological polar surface area (TPSA) is 92.3 Å². The molecule has 0 radical (unpaired) electrons. The van der Waals surface area contributed by atoms with E-state index in [9.17, 15) is 0 Å². The number of aryl methyl sites for hydroxylation is 1. The van der Waals surface area contributed by atoms with E-state index in [-0.39, 0.29) is 0 Å². The van der Waals surface area contributed by atoms with E-state index in [2.05, 4.69) is 35.7 Å². The van der Waals surface area contributed by atoms with E-state index in [1.165, 1.54) is 23.1 Å². The third kappa shape index (κ3) is 2.02. The maximum absolute atomic E-state index is 4.42. The zero-order chi connectivity index (χ0) is 12.5. The molecular formula is C9H9N7S2. The van der Waals surface area contributed by atoms with Gasteiger partial charge in [-0.15, -0.1) is 10.2 Å². The Morgan fingerprint density at radius 3 is 2.94 bits per heavy atom. The standard InChI is InChI=1S/C9H9N7S2/c1-4-14-16-9(17-4)18-7-5-3-11-15-6(5)12-8(10-2)13-7/h3H,1-2H3,(H2,10,11,12,13,15). The lowest BCUT2D eigenvalue weighted by Crippen LogP contribution is -1.97. The van der Waals surface area contributed by atoms with Gasteiger partial charge in [0.1, 0.15) is 10.0 Å². The lowest BCUT2D eigenvalue weighted by Gasteiger charge is -2.02. The van der Waals surface area contributed by atoms with Crippen LogP contribution in [0.15, 0.2) is 15.6 Å². The van der Waals surface area contributed by atoms with Gasteiger partial charge in [0.2, 0.25) is 5.95 Å². The number of aromatic nitrogens is 6. The van der Waals surface area contributed by atoms with Crippen molar-refractivity contribution in [3.8, 4) is 0 Å². The summed E-state index contributed by atoms with van der Waals surface area (Å²) < 4.78 is 0.857. The van der Waals surface area contributed by atoms with Crippen LogP contribution < -0.4 is 5.32 Å². The van der Waals surface area contributed by atoms with Crippen molar-refractivity contribution in [3.63, 3.8) is 0 Å². The van der Waals surface area contributed by atoms with E-state index < -0.39 is 0 Å². The predicted molar refractivity (Wildman–Crippen MR) is 70.0 cm³/mol. The molecule has 3 aromatic rings. The Kier molecular flexibility index (Phi) is 2.84. The molecule has 0 amide bonds. The third-order valence-electron chi connectivity index (χ3n) is 2.19. The molecule has 0 aliphatic carbocycles. The average molecular weight is 279 g/mol. The number of hydrogen-bond acceptors (Lipinski definition) is 8. The van der Waals surface area contributed by atoms with Gasteiger partial charge in [0.05, 0.1) is 11.6 Å². The highest BCUT2D eigenvalue weighted by Gasteiger charge is 2.12. The number of hydrogen-bond donors (Lipinski definition) is 2. The van der Waals surface area contributed by atoms with Crippen molar-refractivity contribution in [3.05, 3.63) is 11.2 Å². The van der Waals surface area contributed by atoms with Crippen LogP contribution in [0.1, 0.15) is 5.01 Å². The fourth-order valence-corrected chi connectivity index (χ4v) is 3.22. The molecule has 18 heavy (non-hydrogen) atoms. The minimum atomic E-state index is 0.551. The van der Waals surface area contributed by atoms with E-state index in [1.807, 2.05) is 6.92 Å². The summed E-state index contributed by atoms with van der Waals surface area (Å²) >= 11 is 3.00. The minimum absolute atomic E-state index is 0.551. The Balaban J connectivity index is 2.06. The Morgan fingerprint density at radius 1 is 1.33 bits per heavy atom. The van der Waals surface area contributed by atoms with Gasteiger partial charge in [-0.2, -0.15) is 10.1 Å². The van der Waals surface area contributed by atoms with Crippen LogP contribution in [0.2, 0.25) is 0 Å². The fourth-order valence-electron chi connectivity index (χ4n) is 1.40. The van der Waals surface area contributed by atoms with E-state index in [1.54, 1.807) is 13.2 Å². The van der Waals surface area contributed by atoms with Crippen LogP contribution in [0.25, 0.3) is 11.0 Å². The zero-order valence-electron chi connectivity index (χ0n) is 9.63. The van der Waals surface area contributed by atoms with Crippen LogP contribution in [-0.2, 0) is 0 Å². The van der Waals surface area contributed by atoms with Gasteiger partial charge in [0, 0.05) is 7.05 Å². The monoisotopic (exact) mass is 279 g/mol. The van der Waals surface area contributed by atoms with E-state index in [4.69, 9.17) is 0 Å². The Hall–Kier alpha value is -1.74. The first kappa shape index (κ1) is 11.4. The number of nitrogens with one attached hydrogen (secondary N) is 2. The molecule has 3 rings (SSSR count). The van der Waals surface area contributed by atoms with Gasteiger partial charge in [0.15, 0.2) is 9.99 Å². The highest BCUT2D eigenvalue weighted by atomic mass is 32.2. The summed E-state index contributed by atoms with van der Waals surface area (Å²) in [7, 11) is 1.78. The predicted octanol–water partition coefficient (Wildman–Crippen LogP) is 1.71. The summed E-state index contributed by atoms with van der Waals surface area (Å²) in [5, 5.41) is 20.4. The molecule has 0 saturated carbocycles. The first-order valence-electron chi connectivity index (χ1n) is 5.13. The highest BCUT2D eigenvalue weighted by molar-refractivity contribution is 8.01. The summed E-state index contributed by atoms with van der Waals surface area (Å²) in [4.78, 5) is 8.69. The first-order chi connectivity index (χ1) is 8.76. The first-order valence-corrected chi connectivity index (χ1v) is 6.76. The van der Waals surface area contributed by atoms with Crippen molar-refractivity contribution < 1.29 is 0 Å². The summed E-state index contributed by atoms with van der Waals surface area (Å²) in [6.07, 6.45) is 1.71. The Bertz CT molecular complexity index is 689. The summed E-state index contributed by atoms with van der Waals surface area (Å²) in [6.45, 7) is 1.92. The second-order valence-corrected chi connectivity index (χ2v) is 5.84. The molecule has 0 fully saturated rings. The van der Waals surface area contributed by atoms with Gasteiger partial charge >= 0.3 is 0 Å². The second-order valence-electron chi connectivity index (χ2n) is 3.42. The molecule has 0 aliphatic heterocycles. The number of rotatable bonds is 3. The van der Waals surface area contributed by atoms with E-state index >= 15 is 0 Å². The molecule has 0 atom stereocenters. The maximum Gasteiger partial charge on any atom is 0.225 e. The molecular weight excluding hydrogens is 270 g/mol. The molecule has 7 nitrogen and oxygen atoms in total. The zero-order valence-corrected chi connectivity index (χ0v) is 11.3. The van der Waals surface area contributed by atoms with Crippen molar-refractivity contribution in [1.82, 2.24) is 30.4 Å². The van der Waals surface area contributed by atoms with Crippen molar-refractivity contribution >= 4 is 40.1 Å². The van der Waals surface area contributed by atoms with Crippen LogP contribution >= 0.6 is 23.1 Å². The number of H-pyrrole nitrogens is 1. The van der Waals surface area contributed by atoms with Crippen LogP contribution in [0.3, 0.4) is 0 Å². The van der Waals surface area contributed by atoms with Gasteiger partial charge in [-0.3, -0.25) is 5.10 Å². The molecule has 2 N–H and O–H groups in total. The van der Waals surface area contributed by atoms with Crippen LogP contribution in [0, 0.1) is 6.92 Å². The fraction of sp³-hybridized carbons (Fsp3) is 0.222. The van der Waals surface area contributed by atoms with Gasteiger partial charge in [-0.05, 0) is 18.7 Å². The Morgan fingerprint density at radius 2 is 2.22 bits per heavy atom. The molecule has 9 heteroatoms. The molecule has 3 aromatic heterocycles. The van der Waals surface area contributed by atoms with Crippen molar-refractivity contribution in [2.24, 2.45) is 0 Å². The van der Waals surface area contributed by atoms with Gasteiger partial charge in [-0.1, -0.05) is 11.3 Å². The molecule has 0 aromatic carbocycles. The number of nitrogens with zero attached hydrogens (tertiary/aromatic N) is 5. The Labute approximate surface area is 110 Å². The summed E-state index contributed by atoms with van der Waals surface area (Å²) in [5.41, 5.74) is 0.707. The van der Waals surface area contributed by atoms with Gasteiger partial charge in [0.25, 0.3) is 0 Å². The van der Waals surface area contributed by atoms with Crippen LogP contribution in [0.5, 0.6) is 0 Å². The number of aromatic amines is 1. The van der Waals surface area contributed by atoms with Crippen molar-refractivity contribution in [2.75, 3.05) is 12.4 Å². The number of anilines is 1. The minimum Gasteiger partial charge on any atom is -0.357 e. The average Bonchev–Trinajstić information content (AvgIpc) is 2.98. The summed E-state index contributed by atoms with van der Waals surface area (Å²) in [5.74, 6) is 0.551. The van der Waals surface area contributed by atoms with E-state index in [0.717, 1.165) is 19.8 Å².